The van der Waals surface area contributed by atoms with Gasteiger partial charge >= 0.3 is 0 Å². The SMILES string of the molecule is O=c1ccc2c(n1CCNCc1ccco1)CCC2. The van der Waals surface area contributed by atoms with Crippen LogP contribution in [0.1, 0.15) is 23.4 Å². The third kappa shape index (κ3) is 2.63. The second-order valence-corrected chi connectivity index (χ2v) is 4.90. The smallest absolute Gasteiger partial charge is 0.250 e. The standard InChI is InChI=1S/C15H18N2O2/c18-15-7-6-12-3-1-5-14(12)17(15)9-8-16-11-13-4-2-10-19-13/h2,4,6-7,10,16H,1,3,5,8-9,11H2. The molecule has 0 spiro atoms. The molecular formula is C15H18N2O2. The van der Waals surface area contributed by atoms with Gasteiger partial charge in [0.05, 0.1) is 12.8 Å². The highest BCUT2D eigenvalue weighted by Crippen LogP contribution is 2.19. The molecule has 2 aromatic rings. The molecule has 0 saturated heterocycles. The zero-order valence-corrected chi connectivity index (χ0v) is 10.9. The molecule has 1 N–H and O–H groups in total. The summed E-state index contributed by atoms with van der Waals surface area (Å²) in [5.74, 6) is 0.922. The normalized spacial score (nSPS) is 13.7. The lowest BCUT2D eigenvalue weighted by atomic mass is 10.2. The monoisotopic (exact) mass is 258 g/mol. The maximum atomic E-state index is 11.9. The number of furan rings is 1. The molecule has 0 saturated carbocycles. The molecule has 0 aliphatic heterocycles. The first-order chi connectivity index (χ1) is 9.34. The molecule has 0 amide bonds. The summed E-state index contributed by atoms with van der Waals surface area (Å²) in [6.07, 6.45) is 4.98. The Kier molecular flexibility index (Phi) is 3.51. The van der Waals surface area contributed by atoms with Crippen molar-refractivity contribution in [2.75, 3.05) is 6.54 Å². The zero-order chi connectivity index (χ0) is 13.1. The molecule has 0 atom stereocenters. The molecule has 1 aliphatic carbocycles. The van der Waals surface area contributed by atoms with Gasteiger partial charge in [0, 0.05) is 24.8 Å². The van der Waals surface area contributed by atoms with Crippen molar-refractivity contribution in [3.63, 3.8) is 0 Å². The van der Waals surface area contributed by atoms with Crippen molar-refractivity contribution < 1.29 is 4.42 Å². The van der Waals surface area contributed by atoms with Crippen LogP contribution in [0.4, 0.5) is 0 Å². The van der Waals surface area contributed by atoms with E-state index in [-0.39, 0.29) is 5.56 Å². The van der Waals surface area contributed by atoms with Crippen LogP contribution in [-0.2, 0) is 25.9 Å². The highest BCUT2D eigenvalue weighted by atomic mass is 16.3. The molecule has 19 heavy (non-hydrogen) atoms. The van der Waals surface area contributed by atoms with Gasteiger partial charge < -0.3 is 14.3 Å². The Morgan fingerprint density at radius 2 is 2.21 bits per heavy atom. The third-order valence-corrected chi connectivity index (χ3v) is 3.64. The molecule has 0 aromatic carbocycles. The summed E-state index contributed by atoms with van der Waals surface area (Å²) in [7, 11) is 0. The lowest BCUT2D eigenvalue weighted by Crippen LogP contribution is -2.28. The van der Waals surface area contributed by atoms with E-state index in [0.717, 1.165) is 31.7 Å². The number of rotatable bonds is 5. The van der Waals surface area contributed by atoms with Crippen LogP contribution in [0, 0.1) is 0 Å². The molecule has 3 rings (SSSR count). The minimum Gasteiger partial charge on any atom is -0.468 e. The summed E-state index contributed by atoms with van der Waals surface area (Å²) in [6.45, 7) is 2.20. The van der Waals surface area contributed by atoms with Crippen molar-refractivity contribution in [3.05, 3.63) is 57.9 Å². The average Bonchev–Trinajstić information content (AvgIpc) is 3.07. The molecule has 4 nitrogen and oxygen atoms in total. The number of aromatic nitrogens is 1. The third-order valence-electron chi connectivity index (χ3n) is 3.64. The van der Waals surface area contributed by atoms with Crippen molar-refractivity contribution in [3.8, 4) is 0 Å². The predicted molar refractivity (Wildman–Crippen MR) is 73.1 cm³/mol. The van der Waals surface area contributed by atoms with Crippen LogP contribution >= 0.6 is 0 Å². The van der Waals surface area contributed by atoms with Crippen LogP contribution in [0.3, 0.4) is 0 Å². The molecule has 1 aliphatic rings. The van der Waals surface area contributed by atoms with E-state index in [9.17, 15) is 4.79 Å². The van der Waals surface area contributed by atoms with E-state index >= 15 is 0 Å². The van der Waals surface area contributed by atoms with Gasteiger partial charge in [-0.2, -0.15) is 0 Å². The second-order valence-electron chi connectivity index (χ2n) is 4.90. The second kappa shape index (κ2) is 5.45. The van der Waals surface area contributed by atoms with Crippen molar-refractivity contribution in [2.45, 2.75) is 32.4 Å². The Hall–Kier alpha value is -1.81. The molecular weight excluding hydrogens is 240 g/mol. The Morgan fingerprint density at radius 3 is 3.05 bits per heavy atom. The highest BCUT2D eigenvalue weighted by Gasteiger charge is 2.15. The van der Waals surface area contributed by atoms with Gasteiger partial charge in [-0.25, -0.2) is 0 Å². The average molecular weight is 258 g/mol. The van der Waals surface area contributed by atoms with Crippen LogP contribution in [-0.4, -0.2) is 11.1 Å². The van der Waals surface area contributed by atoms with E-state index < -0.39 is 0 Å². The number of nitrogens with one attached hydrogen (secondary N) is 1. The van der Waals surface area contributed by atoms with Gasteiger partial charge in [0.25, 0.3) is 5.56 Å². The molecule has 0 fully saturated rings. The molecule has 2 aromatic heterocycles. The van der Waals surface area contributed by atoms with Crippen LogP contribution in [0.25, 0.3) is 0 Å². The van der Waals surface area contributed by atoms with Crippen molar-refractivity contribution in [1.82, 2.24) is 9.88 Å². The number of hydrogen-bond donors (Lipinski definition) is 1. The minimum atomic E-state index is 0.112. The lowest BCUT2D eigenvalue weighted by molar-refractivity contribution is 0.472. The highest BCUT2D eigenvalue weighted by molar-refractivity contribution is 5.25. The quantitative estimate of drug-likeness (QED) is 0.831. The van der Waals surface area contributed by atoms with Crippen LogP contribution in [0.5, 0.6) is 0 Å². The van der Waals surface area contributed by atoms with Gasteiger partial charge in [-0.1, -0.05) is 6.07 Å². The van der Waals surface area contributed by atoms with E-state index in [0.29, 0.717) is 6.54 Å². The van der Waals surface area contributed by atoms with E-state index in [1.165, 1.54) is 17.7 Å². The van der Waals surface area contributed by atoms with E-state index in [4.69, 9.17) is 4.42 Å². The van der Waals surface area contributed by atoms with Gasteiger partial charge in [0.2, 0.25) is 0 Å². The van der Waals surface area contributed by atoms with Gasteiger partial charge in [0.15, 0.2) is 0 Å². The van der Waals surface area contributed by atoms with Gasteiger partial charge in [-0.05, 0) is 37.0 Å². The number of hydrogen-bond acceptors (Lipinski definition) is 3. The maximum absolute atomic E-state index is 11.9. The fraction of sp³-hybridized carbons (Fsp3) is 0.400. The van der Waals surface area contributed by atoms with Gasteiger partial charge in [-0.3, -0.25) is 4.79 Å². The fourth-order valence-corrected chi connectivity index (χ4v) is 2.69. The number of nitrogens with zero attached hydrogens (tertiary/aromatic N) is 1. The van der Waals surface area contributed by atoms with Crippen LogP contribution < -0.4 is 10.9 Å². The Labute approximate surface area is 112 Å². The summed E-state index contributed by atoms with van der Waals surface area (Å²) in [5, 5.41) is 3.30. The summed E-state index contributed by atoms with van der Waals surface area (Å²) in [6, 6.07) is 7.50. The first kappa shape index (κ1) is 12.2. The van der Waals surface area contributed by atoms with Crippen molar-refractivity contribution in [1.29, 1.82) is 0 Å². The molecule has 0 bridgehead atoms. The Balaban J connectivity index is 1.61. The van der Waals surface area contributed by atoms with Crippen molar-refractivity contribution >= 4 is 0 Å². The Morgan fingerprint density at radius 1 is 1.26 bits per heavy atom. The molecule has 0 radical (unpaired) electrons. The minimum absolute atomic E-state index is 0.112. The van der Waals surface area contributed by atoms with Gasteiger partial charge in [-0.15, -0.1) is 0 Å². The Bertz CT molecular complexity index is 599. The topological polar surface area (TPSA) is 47.2 Å². The van der Waals surface area contributed by atoms with E-state index in [2.05, 4.69) is 5.32 Å². The van der Waals surface area contributed by atoms with Crippen LogP contribution in [0.15, 0.2) is 39.7 Å². The number of aryl methyl sites for hydroxylation is 1. The molecule has 0 unspecified atom stereocenters. The van der Waals surface area contributed by atoms with E-state index in [1.807, 2.05) is 22.8 Å². The maximum Gasteiger partial charge on any atom is 0.250 e. The summed E-state index contributed by atoms with van der Waals surface area (Å²) in [5.41, 5.74) is 2.68. The molecule has 4 heteroatoms. The first-order valence-electron chi connectivity index (χ1n) is 6.79. The summed E-state index contributed by atoms with van der Waals surface area (Å²) >= 11 is 0. The largest absolute Gasteiger partial charge is 0.468 e. The lowest BCUT2D eigenvalue weighted by Gasteiger charge is -2.12. The fourth-order valence-electron chi connectivity index (χ4n) is 2.69. The summed E-state index contributed by atoms with van der Waals surface area (Å²) < 4.78 is 7.17. The number of pyridine rings is 1. The molecule has 2 heterocycles. The van der Waals surface area contributed by atoms with Gasteiger partial charge in [0.1, 0.15) is 5.76 Å². The summed E-state index contributed by atoms with van der Waals surface area (Å²) in [4.78, 5) is 11.9. The van der Waals surface area contributed by atoms with Crippen molar-refractivity contribution in [2.24, 2.45) is 0 Å². The molecule has 100 valence electrons. The number of fused-ring (bicyclic) bond motifs is 1. The zero-order valence-electron chi connectivity index (χ0n) is 10.9. The first-order valence-corrected chi connectivity index (χ1v) is 6.79. The predicted octanol–water partition coefficient (Wildman–Crippen LogP) is 1.72. The van der Waals surface area contributed by atoms with Crippen LogP contribution in [0.2, 0.25) is 0 Å². The van der Waals surface area contributed by atoms with E-state index in [1.54, 1.807) is 12.3 Å².